The summed E-state index contributed by atoms with van der Waals surface area (Å²) in [5.74, 6) is -0.487. The number of furan rings is 1. The molecule has 0 radical (unpaired) electrons. The molecule has 0 unspecified atom stereocenters. The Morgan fingerprint density at radius 1 is 0.860 bits per heavy atom. The highest BCUT2D eigenvalue weighted by molar-refractivity contribution is 7.89. The van der Waals surface area contributed by atoms with Crippen molar-refractivity contribution in [3.63, 3.8) is 0 Å². The van der Waals surface area contributed by atoms with Crippen LogP contribution in [-0.4, -0.2) is 31.6 Å². The molecule has 43 heavy (non-hydrogen) atoms. The van der Waals surface area contributed by atoms with Gasteiger partial charge < -0.3 is 14.1 Å². The molecule has 0 fully saturated rings. The number of carbonyl (C=O) groups is 2. The highest BCUT2D eigenvalue weighted by atomic mass is 32.2. The minimum atomic E-state index is -3.88. The minimum absolute atomic E-state index is 0.0334. The summed E-state index contributed by atoms with van der Waals surface area (Å²) in [6.45, 7) is 5.67. The van der Waals surface area contributed by atoms with Crippen LogP contribution in [0.3, 0.4) is 0 Å². The molecule has 3 aromatic carbocycles. The van der Waals surface area contributed by atoms with Crippen molar-refractivity contribution in [1.82, 2.24) is 4.31 Å². The van der Waals surface area contributed by atoms with E-state index in [2.05, 4.69) is 0 Å². The molecule has 0 spiro atoms. The molecule has 1 aromatic heterocycles. The van der Waals surface area contributed by atoms with E-state index in [1.54, 1.807) is 54.3 Å². The van der Waals surface area contributed by atoms with Gasteiger partial charge in [0.25, 0.3) is 0 Å². The molecule has 0 bridgehead atoms. The van der Waals surface area contributed by atoms with Crippen LogP contribution < -0.4 is 4.90 Å². The van der Waals surface area contributed by atoms with Gasteiger partial charge in [0.1, 0.15) is 17.1 Å². The van der Waals surface area contributed by atoms with Gasteiger partial charge in [0.05, 0.1) is 24.2 Å². The predicted octanol–water partition coefficient (Wildman–Crippen LogP) is 6.16. The van der Waals surface area contributed by atoms with Crippen LogP contribution in [0.25, 0.3) is 6.08 Å². The molecule has 0 N–H and O–H groups in total. The second kappa shape index (κ2) is 12.2. The maximum absolute atomic E-state index is 13.8. The molecular weight excluding hydrogens is 564 g/mol. The topological polar surface area (TPSA) is 97.1 Å². The lowest BCUT2D eigenvalue weighted by Gasteiger charge is -2.22. The first-order valence-corrected chi connectivity index (χ1v) is 15.1. The maximum Gasteiger partial charge on any atom is 0.343 e. The van der Waals surface area contributed by atoms with Gasteiger partial charge in [-0.3, -0.25) is 4.79 Å². The zero-order valence-corrected chi connectivity index (χ0v) is 25.2. The number of rotatable bonds is 9. The number of allylic oxidation sites excluding steroid dienone is 2. The molecule has 5 rings (SSSR count). The van der Waals surface area contributed by atoms with E-state index in [1.807, 2.05) is 68.4 Å². The molecule has 2 heterocycles. The van der Waals surface area contributed by atoms with Gasteiger partial charge >= 0.3 is 5.97 Å². The Kier molecular flexibility index (Phi) is 8.47. The lowest BCUT2D eigenvalue weighted by molar-refractivity contribution is -0.137. The van der Waals surface area contributed by atoms with Crippen LogP contribution in [0.15, 0.2) is 117 Å². The molecule has 8 nitrogen and oxygen atoms in total. The highest BCUT2D eigenvalue weighted by Gasteiger charge is 2.38. The van der Waals surface area contributed by atoms with Gasteiger partial charge in [-0.25, -0.2) is 13.2 Å². The van der Waals surface area contributed by atoms with Crippen LogP contribution in [0.4, 0.5) is 5.69 Å². The zero-order valence-electron chi connectivity index (χ0n) is 24.4. The number of hydrogen-bond acceptors (Lipinski definition) is 7. The first-order valence-electron chi connectivity index (χ1n) is 13.7. The number of carbonyl (C=O) groups excluding carboxylic acids is 2. The van der Waals surface area contributed by atoms with E-state index in [1.165, 1.54) is 11.4 Å². The summed E-state index contributed by atoms with van der Waals surface area (Å²) in [5, 5.41) is 0. The quantitative estimate of drug-likeness (QED) is 0.130. The Morgan fingerprint density at radius 2 is 1.49 bits per heavy atom. The van der Waals surface area contributed by atoms with E-state index in [-0.39, 0.29) is 29.3 Å². The van der Waals surface area contributed by atoms with Gasteiger partial charge in [0.15, 0.2) is 0 Å². The van der Waals surface area contributed by atoms with Gasteiger partial charge in [0, 0.05) is 24.0 Å². The molecule has 0 amide bonds. The molecule has 1 aliphatic rings. The third-order valence-electron chi connectivity index (χ3n) is 7.23. The Morgan fingerprint density at radius 3 is 2.12 bits per heavy atom. The van der Waals surface area contributed by atoms with Crippen LogP contribution in [0.2, 0.25) is 0 Å². The largest absolute Gasteiger partial charge is 0.465 e. The highest BCUT2D eigenvalue weighted by Crippen LogP contribution is 2.36. The summed E-state index contributed by atoms with van der Waals surface area (Å²) in [7, 11) is -2.65. The number of hydrogen-bond donors (Lipinski definition) is 0. The van der Waals surface area contributed by atoms with Crippen LogP contribution in [0, 0.1) is 13.8 Å². The van der Waals surface area contributed by atoms with E-state index in [0.717, 1.165) is 16.7 Å². The maximum atomic E-state index is 13.8. The first kappa shape index (κ1) is 29.8. The lowest BCUT2D eigenvalue weighted by Crippen LogP contribution is -2.30. The predicted molar refractivity (Wildman–Crippen MR) is 164 cm³/mol. The van der Waals surface area contributed by atoms with Crippen molar-refractivity contribution in [2.45, 2.75) is 38.8 Å². The van der Waals surface area contributed by atoms with Gasteiger partial charge in [-0.15, -0.1) is 0 Å². The van der Waals surface area contributed by atoms with Gasteiger partial charge in [-0.1, -0.05) is 65.7 Å². The van der Waals surface area contributed by atoms with E-state index in [0.29, 0.717) is 22.9 Å². The molecule has 4 aromatic rings. The zero-order chi connectivity index (χ0) is 30.7. The molecule has 0 aliphatic carbocycles. The van der Waals surface area contributed by atoms with Crippen molar-refractivity contribution in [3.8, 4) is 0 Å². The Balaban J connectivity index is 1.49. The molecular formula is C34H32N2O6S. The van der Waals surface area contributed by atoms with E-state index < -0.39 is 21.8 Å². The number of Topliss-reactive ketones (excluding diaryl/α,β-unsaturated/α-hetero) is 1. The summed E-state index contributed by atoms with van der Waals surface area (Å²) in [5.41, 5.74) is 4.16. The monoisotopic (exact) mass is 596 g/mol. The number of anilines is 1. The number of ketones is 1. The second-order valence-electron chi connectivity index (χ2n) is 10.4. The number of para-hydroxylation sites is 1. The van der Waals surface area contributed by atoms with Gasteiger partial charge in [-0.2, -0.15) is 4.31 Å². The van der Waals surface area contributed by atoms with Crippen molar-refractivity contribution in [1.29, 1.82) is 0 Å². The summed E-state index contributed by atoms with van der Waals surface area (Å²) in [4.78, 5) is 27.8. The summed E-state index contributed by atoms with van der Waals surface area (Å²) in [6.07, 6.45) is 1.55. The molecule has 0 atom stereocenters. The fourth-order valence-electron chi connectivity index (χ4n) is 4.92. The molecule has 0 saturated carbocycles. The number of nitrogens with zero attached hydrogens (tertiary/aromatic N) is 2. The third-order valence-corrected chi connectivity index (χ3v) is 9.04. The van der Waals surface area contributed by atoms with Crippen molar-refractivity contribution in [3.05, 3.63) is 136 Å². The van der Waals surface area contributed by atoms with Crippen molar-refractivity contribution < 1.29 is 27.2 Å². The smallest absolute Gasteiger partial charge is 0.343 e. The van der Waals surface area contributed by atoms with Crippen LogP contribution in [-0.2, 0) is 37.4 Å². The second-order valence-corrected chi connectivity index (χ2v) is 12.3. The van der Waals surface area contributed by atoms with E-state index >= 15 is 0 Å². The average Bonchev–Trinajstić information content (AvgIpc) is 3.54. The molecule has 1 aliphatic heterocycles. The van der Waals surface area contributed by atoms with Gasteiger partial charge in [0.2, 0.25) is 15.8 Å². The number of methoxy groups -OCH3 is 1. The number of benzene rings is 3. The normalized spacial score (nSPS) is 14.7. The number of esters is 1. The summed E-state index contributed by atoms with van der Waals surface area (Å²) >= 11 is 0. The molecule has 220 valence electrons. The fourth-order valence-corrected chi connectivity index (χ4v) is 6.31. The lowest BCUT2D eigenvalue weighted by atomic mass is 10.1. The standard InChI is InChI=1S/C34H32N2O6S/c1-23-10-14-26(15-11-23)21-35(43(39,40)30-18-12-24(2)13-19-30)22-29-17-16-28(42-29)20-31-33(37)32(34(38)41-4)25(3)36(31)27-8-6-5-7-9-27/h5-20H,21-22H2,1-4H3/b31-20+. The van der Waals surface area contributed by atoms with E-state index in [4.69, 9.17) is 9.15 Å². The van der Waals surface area contributed by atoms with Crippen LogP contribution in [0.5, 0.6) is 0 Å². The van der Waals surface area contributed by atoms with Crippen molar-refractivity contribution in [2.75, 3.05) is 12.0 Å². The van der Waals surface area contributed by atoms with Crippen LogP contribution >= 0.6 is 0 Å². The van der Waals surface area contributed by atoms with Crippen molar-refractivity contribution >= 4 is 33.5 Å². The van der Waals surface area contributed by atoms with E-state index in [9.17, 15) is 18.0 Å². The Bertz CT molecular complexity index is 1820. The average molecular weight is 597 g/mol. The Hall–Kier alpha value is -4.73. The summed E-state index contributed by atoms with van der Waals surface area (Å²) < 4.78 is 39.9. The fraction of sp³-hybridized carbons (Fsp3) is 0.176. The Labute approximate surface area is 251 Å². The molecule has 0 saturated heterocycles. The van der Waals surface area contributed by atoms with Crippen LogP contribution in [0.1, 0.15) is 35.1 Å². The first-order chi connectivity index (χ1) is 20.6. The molecule has 9 heteroatoms. The summed E-state index contributed by atoms with van der Waals surface area (Å²) in [6, 6.07) is 27.0. The van der Waals surface area contributed by atoms with Crippen molar-refractivity contribution in [2.24, 2.45) is 0 Å². The van der Waals surface area contributed by atoms with Gasteiger partial charge in [-0.05, 0) is 62.7 Å². The number of ether oxygens (including phenoxy) is 1. The SMILES string of the molecule is COC(=O)C1=C(C)N(c2ccccc2)/C(=C/c2ccc(CN(Cc3ccc(C)cc3)S(=O)(=O)c3ccc(C)cc3)o2)C1=O. The minimum Gasteiger partial charge on any atom is -0.465 e. The number of sulfonamides is 1. The third kappa shape index (κ3) is 6.23. The number of aryl methyl sites for hydroxylation is 2.